The van der Waals surface area contributed by atoms with Crippen LogP contribution in [-0.2, 0) is 6.54 Å². The van der Waals surface area contributed by atoms with E-state index in [1.165, 1.54) is 6.07 Å². The van der Waals surface area contributed by atoms with Crippen LogP contribution < -0.4 is 5.32 Å². The molecule has 4 heteroatoms. The summed E-state index contributed by atoms with van der Waals surface area (Å²) in [6.07, 6.45) is 2.14. The number of nitrogens with one attached hydrogen (secondary N) is 1. The molecule has 0 amide bonds. The first-order valence-electron chi connectivity index (χ1n) is 5.88. The normalized spacial score (nSPS) is 12.7. The highest BCUT2D eigenvalue weighted by Crippen LogP contribution is 2.16. The summed E-state index contributed by atoms with van der Waals surface area (Å²) >= 11 is 11.4. The van der Waals surface area contributed by atoms with E-state index >= 15 is 0 Å². The quantitative estimate of drug-likeness (QED) is 0.736. The molecule has 17 heavy (non-hydrogen) atoms. The monoisotopic (exact) mass is 277 g/mol. The second-order valence-electron chi connectivity index (χ2n) is 4.13. The van der Waals surface area contributed by atoms with Gasteiger partial charge < -0.3 is 5.32 Å². The molecule has 0 fully saturated rings. The molecule has 1 rings (SSSR count). The van der Waals surface area contributed by atoms with Crippen LogP contribution in [0.25, 0.3) is 0 Å². The zero-order valence-corrected chi connectivity index (χ0v) is 11.5. The first-order chi connectivity index (χ1) is 8.17. The second kappa shape index (κ2) is 7.91. The highest BCUT2D eigenvalue weighted by molar-refractivity contribution is 6.30. The SMILES string of the molecule is CCC(CCCl)CNCc1ccc(F)c(Cl)c1. The Kier molecular flexibility index (Phi) is 6.86. The summed E-state index contributed by atoms with van der Waals surface area (Å²) in [4.78, 5) is 0. The number of benzene rings is 1. The lowest BCUT2D eigenvalue weighted by Crippen LogP contribution is -2.22. The van der Waals surface area contributed by atoms with Crippen molar-refractivity contribution in [3.63, 3.8) is 0 Å². The Balaban J connectivity index is 2.37. The van der Waals surface area contributed by atoms with Crippen molar-refractivity contribution in [3.8, 4) is 0 Å². The van der Waals surface area contributed by atoms with Crippen molar-refractivity contribution in [1.29, 1.82) is 0 Å². The van der Waals surface area contributed by atoms with Crippen molar-refractivity contribution in [2.45, 2.75) is 26.3 Å². The van der Waals surface area contributed by atoms with Gasteiger partial charge in [-0.15, -0.1) is 11.6 Å². The molecule has 0 heterocycles. The van der Waals surface area contributed by atoms with Crippen LogP contribution in [0.2, 0.25) is 5.02 Å². The summed E-state index contributed by atoms with van der Waals surface area (Å²) in [5.74, 6) is 0.926. The maximum absolute atomic E-state index is 12.9. The number of halogens is 3. The van der Waals surface area contributed by atoms with E-state index in [4.69, 9.17) is 23.2 Å². The summed E-state index contributed by atoms with van der Waals surface area (Å²) in [5.41, 5.74) is 0.997. The van der Waals surface area contributed by atoms with E-state index in [9.17, 15) is 4.39 Å². The van der Waals surface area contributed by atoms with Gasteiger partial charge in [0.25, 0.3) is 0 Å². The Bertz CT molecular complexity index is 344. The van der Waals surface area contributed by atoms with Crippen LogP contribution >= 0.6 is 23.2 Å². The molecule has 0 aliphatic rings. The molecule has 0 aliphatic carbocycles. The van der Waals surface area contributed by atoms with Gasteiger partial charge in [-0.25, -0.2) is 4.39 Å². The average Bonchev–Trinajstić information content (AvgIpc) is 2.32. The molecule has 0 saturated heterocycles. The van der Waals surface area contributed by atoms with Gasteiger partial charge in [0, 0.05) is 12.4 Å². The summed E-state index contributed by atoms with van der Waals surface area (Å²) in [6, 6.07) is 4.80. The van der Waals surface area contributed by atoms with Gasteiger partial charge in [0.05, 0.1) is 5.02 Å². The van der Waals surface area contributed by atoms with Gasteiger partial charge in [0.2, 0.25) is 0 Å². The average molecular weight is 278 g/mol. The smallest absolute Gasteiger partial charge is 0.141 e. The van der Waals surface area contributed by atoms with Crippen LogP contribution in [0.3, 0.4) is 0 Å². The Morgan fingerprint density at radius 2 is 2.18 bits per heavy atom. The van der Waals surface area contributed by atoms with Gasteiger partial charge in [-0.2, -0.15) is 0 Å². The lowest BCUT2D eigenvalue weighted by atomic mass is 10.0. The molecular weight excluding hydrogens is 260 g/mol. The summed E-state index contributed by atoms with van der Waals surface area (Å²) in [6.45, 7) is 3.80. The standard InChI is InChI=1S/C13H18Cl2FN/c1-2-10(5-6-14)8-17-9-11-3-4-13(16)12(15)7-11/h3-4,7,10,17H,2,5-6,8-9H2,1H3. The number of hydrogen-bond donors (Lipinski definition) is 1. The first kappa shape index (κ1) is 14.7. The maximum Gasteiger partial charge on any atom is 0.141 e. The van der Waals surface area contributed by atoms with Gasteiger partial charge in [0.15, 0.2) is 0 Å². The molecule has 1 atom stereocenters. The zero-order valence-electron chi connectivity index (χ0n) is 9.98. The van der Waals surface area contributed by atoms with E-state index in [2.05, 4.69) is 12.2 Å². The van der Waals surface area contributed by atoms with Crippen molar-refractivity contribution in [1.82, 2.24) is 5.32 Å². The Morgan fingerprint density at radius 1 is 1.41 bits per heavy atom. The minimum atomic E-state index is -0.371. The van der Waals surface area contributed by atoms with Crippen LogP contribution in [0.1, 0.15) is 25.3 Å². The topological polar surface area (TPSA) is 12.0 Å². The predicted octanol–water partition coefficient (Wildman–Crippen LogP) is 4.22. The fraction of sp³-hybridized carbons (Fsp3) is 0.538. The van der Waals surface area contributed by atoms with E-state index in [1.807, 2.05) is 0 Å². The molecule has 1 N–H and O–H groups in total. The number of alkyl halides is 1. The second-order valence-corrected chi connectivity index (χ2v) is 4.92. The van der Waals surface area contributed by atoms with Crippen molar-refractivity contribution in [2.24, 2.45) is 5.92 Å². The van der Waals surface area contributed by atoms with Crippen molar-refractivity contribution in [2.75, 3.05) is 12.4 Å². The Labute approximate surface area is 112 Å². The molecule has 1 nitrogen and oxygen atoms in total. The van der Waals surface area contributed by atoms with Gasteiger partial charge in [-0.1, -0.05) is 31.0 Å². The molecule has 0 radical (unpaired) electrons. The highest BCUT2D eigenvalue weighted by Gasteiger charge is 2.05. The summed E-state index contributed by atoms with van der Waals surface area (Å²) in [5, 5.41) is 3.52. The van der Waals surface area contributed by atoms with E-state index < -0.39 is 0 Å². The molecule has 0 saturated carbocycles. The largest absolute Gasteiger partial charge is 0.312 e. The van der Waals surface area contributed by atoms with Crippen LogP contribution in [-0.4, -0.2) is 12.4 Å². The lowest BCUT2D eigenvalue weighted by molar-refractivity contribution is 0.451. The minimum absolute atomic E-state index is 0.178. The Hall–Kier alpha value is -0.310. The predicted molar refractivity (Wildman–Crippen MR) is 72.2 cm³/mol. The molecule has 96 valence electrons. The van der Waals surface area contributed by atoms with Crippen LogP contribution in [0.4, 0.5) is 4.39 Å². The lowest BCUT2D eigenvalue weighted by Gasteiger charge is -2.14. The zero-order chi connectivity index (χ0) is 12.7. The van der Waals surface area contributed by atoms with Crippen molar-refractivity contribution < 1.29 is 4.39 Å². The van der Waals surface area contributed by atoms with E-state index in [0.29, 0.717) is 18.3 Å². The third-order valence-electron chi connectivity index (χ3n) is 2.84. The van der Waals surface area contributed by atoms with Gasteiger partial charge in [0.1, 0.15) is 5.82 Å². The highest BCUT2D eigenvalue weighted by atomic mass is 35.5. The minimum Gasteiger partial charge on any atom is -0.312 e. The summed E-state index contributed by atoms with van der Waals surface area (Å²) in [7, 11) is 0. The number of hydrogen-bond acceptors (Lipinski definition) is 1. The number of rotatable bonds is 7. The molecule has 1 aromatic rings. The molecule has 1 unspecified atom stereocenters. The molecule has 0 spiro atoms. The van der Waals surface area contributed by atoms with Gasteiger partial charge in [-0.05, 0) is 36.6 Å². The van der Waals surface area contributed by atoms with E-state index in [-0.39, 0.29) is 10.8 Å². The van der Waals surface area contributed by atoms with Gasteiger partial charge in [-0.3, -0.25) is 0 Å². The van der Waals surface area contributed by atoms with E-state index in [0.717, 1.165) is 24.9 Å². The maximum atomic E-state index is 12.9. The molecule has 0 aliphatic heterocycles. The molecule has 0 aromatic heterocycles. The van der Waals surface area contributed by atoms with Gasteiger partial charge >= 0.3 is 0 Å². The van der Waals surface area contributed by atoms with E-state index in [1.54, 1.807) is 12.1 Å². The fourth-order valence-corrected chi connectivity index (χ4v) is 2.19. The van der Waals surface area contributed by atoms with Crippen LogP contribution in [0.15, 0.2) is 18.2 Å². The van der Waals surface area contributed by atoms with Crippen molar-refractivity contribution >= 4 is 23.2 Å². The molecule has 1 aromatic carbocycles. The van der Waals surface area contributed by atoms with Crippen LogP contribution in [0.5, 0.6) is 0 Å². The third kappa shape index (κ3) is 5.24. The van der Waals surface area contributed by atoms with Crippen molar-refractivity contribution in [3.05, 3.63) is 34.6 Å². The molecule has 0 bridgehead atoms. The third-order valence-corrected chi connectivity index (χ3v) is 3.35. The fourth-order valence-electron chi connectivity index (χ4n) is 1.68. The Morgan fingerprint density at radius 3 is 2.76 bits per heavy atom. The first-order valence-corrected chi connectivity index (χ1v) is 6.79. The molecular formula is C13H18Cl2FN. The summed E-state index contributed by atoms with van der Waals surface area (Å²) < 4.78 is 12.9. The van der Waals surface area contributed by atoms with Crippen LogP contribution in [0, 0.1) is 11.7 Å².